The topological polar surface area (TPSA) is 52.4 Å². The fraction of sp³-hybridized carbons (Fsp3) is 0.556. The van der Waals surface area contributed by atoms with Crippen LogP contribution in [0.5, 0.6) is 11.5 Å². The van der Waals surface area contributed by atoms with Crippen LogP contribution in [0.25, 0.3) is 5.69 Å². The summed E-state index contributed by atoms with van der Waals surface area (Å²) >= 11 is 0. The predicted molar refractivity (Wildman–Crippen MR) is 90.6 cm³/mol. The van der Waals surface area contributed by atoms with Gasteiger partial charge >= 0.3 is 0 Å². The molecule has 3 heterocycles. The van der Waals surface area contributed by atoms with Gasteiger partial charge in [0.25, 0.3) is 0 Å². The number of hydrogen-bond acceptors (Lipinski definition) is 5. The van der Waals surface area contributed by atoms with Crippen molar-refractivity contribution in [2.24, 2.45) is 5.92 Å². The Balaban J connectivity index is 1.76. The summed E-state index contributed by atoms with van der Waals surface area (Å²) in [6.07, 6.45) is 3.22. The van der Waals surface area contributed by atoms with E-state index in [-0.39, 0.29) is 6.79 Å². The molecule has 2 aliphatic heterocycles. The van der Waals surface area contributed by atoms with Gasteiger partial charge in [-0.25, -0.2) is 9.67 Å². The summed E-state index contributed by atoms with van der Waals surface area (Å²) in [5, 5.41) is 4.81. The van der Waals surface area contributed by atoms with Crippen LogP contribution in [0.1, 0.15) is 44.4 Å². The maximum Gasteiger partial charge on any atom is 0.231 e. The number of fused-ring (bicyclic) bond motifs is 1. The van der Waals surface area contributed by atoms with Crippen LogP contribution in [0.3, 0.4) is 0 Å². The molecule has 2 aromatic rings. The van der Waals surface area contributed by atoms with Gasteiger partial charge in [0, 0.05) is 12.5 Å². The van der Waals surface area contributed by atoms with Crippen LogP contribution < -0.4 is 9.47 Å². The molecule has 128 valence electrons. The molecule has 2 aliphatic rings. The van der Waals surface area contributed by atoms with Crippen LogP contribution >= 0.6 is 0 Å². The highest BCUT2D eigenvalue weighted by atomic mass is 16.7. The molecule has 1 aromatic heterocycles. The minimum absolute atomic E-state index is 0.285. The van der Waals surface area contributed by atoms with Crippen LogP contribution in [-0.2, 0) is 6.42 Å². The summed E-state index contributed by atoms with van der Waals surface area (Å²) in [5.41, 5.74) is 0.983. The SMILES string of the molecule is CC(C)Cc1nc([C@@H]2CCCN2C)n(-c2ccc3c(c2)OCO3)n1. The summed E-state index contributed by atoms with van der Waals surface area (Å²) in [4.78, 5) is 7.26. The minimum Gasteiger partial charge on any atom is -0.454 e. The third-order valence-corrected chi connectivity index (χ3v) is 4.69. The first-order valence-electron chi connectivity index (χ1n) is 8.68. The number of benzene rings is 1. The summed E-state index contributed by atoms with van der Waals surface area (Å²) in [6, 6.07) is 6.29. The van der Waals surface area contributed by atoms with Gasteiger partial charge in [0.05, 0.1) is 11.7 Å². The number of rotatable bonds is 4. The summed E-state index contributed by atoms with van der Waals surface area (Å²) in [6.45, 7) is 5.79. The molecule has 0 unspecified atom stereocenters. The molecule has 1 fully saturated rings. The van der Waals surface area contributed by atoms with Crippen molar-refractivity contribution in [3.05, 3.63) is 29.8 Å². The van der Waals surface area contributed by atoms with Crippen LogP contribution in [0.2, 0.25) is 0 Å². The molecule has 0 N–H and O–H groups in total. The lowest BCUT2D eigenvalue weighted by atomic mass is 10.1. The molecule has 1 atom stereocenters. The van der Waals surface area contributed by atoms with E-state index < -0.39 is 0 Å². The fourth-order valence-corrected chi connectivity index (χ4v) is 3.48. The Labute approximate surface area is 142 Å². The van der Waals surface area contributed by atoms with E-state index in [9.17, 15) is 0 Å². The lowest BCUT2D eigenvalue weighted by molar-refractivity contribution is 0.174. The van der Waals surface area contributed by atoms with E-state index in [1.807, 2.05) is 22.9 Å². The molecule has 1 aromatic carbocycles. The van der Waals surface area contributed by atoms with E-state index in [1.165, 1.54) is 6.42 Å². The molecule has 0 aliphatic carbocycles. The molecule has 1 saturated heterocycles. The van der Waals surface area contributed by atoms with Gasteiger partial charge in [-0.3, -0.25) is 4.90 Å². The van der Waals surface area contributed by atoms with E-state index in [2.05, 4.69) is 25.8 Å². The van der Waals surface area contributed by atoms with E-state index in [0.29, 0.717) is 12.0 Å². The van der Waals surface area contributed by atoms with Gasteiger partial charge in [-0.15, -0.1) is 0 Å². The number of ether oxygens (including phenoxy) is 2. The van der Waals surface area contributed by atoms with Crippen LogP contribution in [-0.4, -0.2) is 40.0 Å². The maximum atomic E-state index is 5.52. The number of nitrogens with zero attached hydrogens (tertiary/aromatic N) is 4. The Morgan fingerprint density at radius 2 is 2.08 bits per heavy atom. The van der Waals surface area contributed by atoms with E-state index in [4.69, 9.17) is 19.6 Å². The van der Waals surface area contributed by atoms with Crippen LogP contribution in [0.15, 0.2) is 18.2 Å². The fourth-order valence-electron chi connectivity index (χ4n) is 3.48. The first kappa shape index (κ1) is 15.4. The Hall–Kier alpha value is -2.08. The minimum atomic E-state index is 0.285. The molecule has 24 heavy (non-hydrogen) atoms. The zero-order valence-electron chi connectivity index (χ0n) is 14.5. The quantitative estimate of drug-likeness (QED) is 0.864. The normalized spacial score (nSPS) is 20.2. The lowest BCUT2D eigenvalue weighted by Gasteiger charge is -2.19. The Morgan fingerprint density at radius 1 is 1.25 bits per heavy atom. The largest absolute Gasteiger partial charge is 0.454 e. The second-order valence-corrected chi connectivity index (χ2v) is 7.07. The number of likely N-dealkylation sites (tertiary alicyclic amines) is 1. The predicted octanol–water partition coefficient (Wildman–Crippen LogP) is 2.96. The van der Waals surface area contributed by atoms with Gasteiger partial charge in [0.1, 0.15) is 5.82 Å². The lowest BCUT2D eigenvalue weighted by Crippen LogP contribution is -2.21. The average molecular weight is 328 g/mol. The zero-order valence-corrected chi connectivity index (χ0v) is 14.5. The monoisotopic (exact) mass is 328 g/mol. The van der Waals surface area contributed by atoms with Gasteiger partial charge in [-0.1, -0.05) is 13.8 Å². The molecule has 6 heteroatoms. The van der Waals surface area contributed by atoms with Crippen molar-refractivity contribution in [3.8, 4) is 17.2 Å². The van der Waals surface area contributed by atoms with Crippen molar-refractivity contribution in [2.45, 2.75) is 39.2 Å². The number of hydrogen-bond donors (Lipinski definition) is 0. The highest BCUT2D eigenvalue weighted by Gasteiger charge is 2.29. The molecule has 0 radical (unpaired) electrons. The highest BCUT2D eigenvalue weighted by molar-refractivity contribution is 5.50. The Bertz CT molecular complexity index is 741. The van der Waals surface area contributed by atoms with Crippen molar-refractivity contribution in [2.75, 3.05) is 20.4 Å². The van der Waals surface area contributed by atoms with Gasteiger partial charge in [0.15, 0.2) is 17.3 Å². The first-order chi connectivity index (χ1) is 11.6. The van der Waals surface area contributed by atoms with Gasteiger partial charge in [-0.05, 0) is 44.5 Å². The van der Waals surface area contributed by atoms with Crippen molar-refractivity contribution in [1.29, 1.82) is 0 Å². The summed E-state index contributed by atoms with van der Waals surface area (Å²) in [7, 11) is 2.17. The van der Waals surface area contributed by atoms with Crippen molar-refractivity contribution in [3.63, 3.8) is 0 Å². The van der Waals surface area contributed by atoms with Crippen molar-refractivity contribution < 1.29 is 9.47 Å². The summed E-state index contributed by atoms with van der Waals surface area (Å²) < 4.78 is 12.9. The molecular formula is C18H24N4O2. The van der Waals surface area contributed by atoms with E-state index >= 15 is 0 Å². The van der Waals surface area contributed by atoms with Gasteiger partial charge < -0.3 is 9.47 Å². The average Bonchev–Trinajstić information content (AvgIpc) is 3.24. The smallest absolute Gasteiger partial charge is 0.231 e. The molecular weight excluding hydrogens is 304 g/mol. The molecule has 4 rings (SSSR count). The van der Waals surface area contributed by atoms with Gasteiger partial charge in [0.2, 0.25) is 6.79 Å². The third kappa shape index (κ3) is 2.75. The molecule has 0 amide bonds. The van der Waals surface area contributed by atoms with Crippen molar-refractivity contribution in [1.82, 2.24) is 19.7 Å². The maximum absolute atomic E-state index is 5.52. The number of aromatic nitrogens is 3. The van der Waals surface area contributed by atoms with Gasteiger partial charge in [-0.2, -0.15) is 5.10 Å². The Morgan fingerprint density at radius 3 is 2.83 bits per heavy atom. The zero-order chi connectivity index (χ0) is 16.7. The molecule has 0 spiro atoms. The highest BCUT2D eigenvalue weighted by Crippen LogP contribution is 2.35. The standard InChI is InChI=1S/C18H24N4O2/c1-12(2)9-17-19-18(14-5-4-8-21(14)3)22(20-17)13-6-7-15-16(10-13)24-11-23-15/h6-7,10,12,14H,4-5,8-9,11H2,1-3H3/t14-/m0/s1. The second kappa shape index (κ2) is 6.09. The van der Waals surface area contributed by atoms with Crippen molar-refractivity contribution >= 4 is 0 Å². The molecule has 6 nitrogen and oxygen atoms in total. The molecule has 0 saturated carbocycles. The second-order valence-electron chi connectivity index (χ2n) is 7.07. The summed E-state index contributed by atoms with van der Waals surface area (Å²) in [5.74, 6) is 4.05. The van der Waals surface area contributed by atoms with Crippen LogP contribution in [0, 0.1) is 5.92 Å². The first-order valence-corrected chi connectivity index (χ1v) is 8.68. The molecule has 0 bridgehead atoms. The van der Waals surface area contributed by atoms with Crippen LogP contribution in [0.4, 0.5) is 0 Å². The van der Waals surface area contributed by atoms with E-state index in [1.54, 1.807) is 0 Å². The van der Waals surface area contributed by atoms with E-state index in [0.717, 1.165) is 48.2 Å². The Kier molecular flexibility index (Phi) is 3.92. The third-order valence-electron chi connectivity index (χ3n) is 4.69.